The Morgan fingerprint density at radius 1 is 1.29 bits per heavy atom. The van der Waals surface area contributed by atoms with Gasteiger partial charge in [-0.05, 0) is 30.4 Å². The molecule has 6 heteroatoms. The van der Waals surface area contributed by atoms with Gasteiger partial charge >= 0.3 is 5.97 Å². The van der Waals surface area contributed by atoms with Crippen molar-refractivity contribution in [2.24, 2.45) is 5.41 Å². The Bertz CT molecular complexity index is 651. The molecule has 1 aromatic heterocycles. The van der Waals surface area contributed by atoms with Crippen LogP contribution >= 0.6 is 23.2 Å². The van der Waals surface area contributed by atoms with Crippen molar-refractivity contribution in [1.29, 1.82) is 0 Å². The molecule has 0 spiro atoms. The molecule has 0 bridgehead atoms. The largest absolute Gasteiger partial charge is 0.481 e. The van der Waals surface area contributed by atoms with Gasteiger partial charge in [0, 0.05) is 6.42 Å². The number of benzene rings is 1. The number of carboxylic acid groups (broad SMARTS) is 1. The fourth-order valence-corrected chi connectivity index (χ4v) is 3.68. The molecule has 3 rings (SSSR count). The van der Waals surface area contributed by atoms with Crippen LogP contribution in [0.2, 0.25) is 10.0 Å². The van der Waals surface area contributed by atoms with Gasteiger partial charge in [-0.2, -0.15) is 0 Å². The molecule has 1 aliphatic rings. The Labute approximate surface area is 132 Å². The van der Waals surface area contributed by atoms with Crippen LogP contribution in [0.1, 0.15) is 37.9 Å². The van der Waals surface area contributed by atoms with Crippen molar-refractivity contribution >= 4 is 40.2 Å². The number of H-pyrrole nitrogens is 1. The quantitative estimate of drug-likeness (QED) is 0.872. The number of halogens is 2. The molecule has 0 unspecified atom stereocenters. The number of aliphatic carboxylic acids is 1. The Hall–Kier alpha value is -1.26. The molecule has 1 saturated carbocycles. The number of nitrogens with one attached hydrogen (secondary N) is 1. The molecule has 1 heterocycles. The van der Waals surface area contributed by atoms with E-state index >= 15 is 0 Å². The summed E-state index contributed by atoms with van der Waals surface area (Å²) >= 11 is 12.0. The maximum absolute atomic E-state index is 11.1. The highest BCUT2D eigenvalue weighted by molar-refractivity contribution is 6.42. The molecule has 0 radical (unpaired) electrons. The number of hydrogen-bond donors (Lipinski definition) is 2. The van der Waals surface area contributed by atoms with Gasteiger partial charge in [-0.3, -0.25) is 4.79 Å². The summed E-state index contributed by atoms with van der Waals surface area (Å²) in [5, 5.41) is 10.1. The van der Waals surface area contributed by atoms with Crippen molar-refractivity contribution in [3.8, 4) is 0 Å². The maximum Gasteiger partial charge on any atom is 0.303 e. The van der Waals surface area contributed by atoms with Gasteiger partial charge < -0.3 is 10.1 Å². The van der Waals surface area contributed by atoms with Crippen LogP contribution in [-0.4, -0.2) is 21.0 Å². The van der Waals surface area contributed by atoms with Crippen LogP contribution in [0.3, 0.4) is 0 Å². The number of aromatic amines is 1. The lowest BCUT2D eigenvalue weighted by Crippen LogP contribution is -2.24. The first-order valence-corrected chi connectivity index (χ1v) is 7.78. The summed E-state index contributed by atoms with van der Waals surface area (Å²) in [5.41, 5.74) is 1.43. The van der Waals surface area contributed by atoms with Crippen molar-refractivity contribution in [3.05, 3.63) is 28.0 Å². The first kappa shape index (κ1) is 14.7. The average molecular weight is 327 g/mol. The van der Waals surface area contributed by atoms with Gasteiger partial charge in [-0.25, -0.2) is 4.98 Å². The molecule has 1 fully saturated rings. The minimum atomic E-state index is -0.737. The lowest BCUT2D eigenvalue weighted by Gasteiger charge is -2.25. The number of aromatic nitrogens is 2. The van der Waals surface area contributed by atoms with E-state index in [0.29, 0.717) is 16.5 Å². The summed E-state index contributed by atoms with van der Waals surface area (Å²) in [6.07, 6.45) is 4.92. The molecule has 21 heavy (non-hydrogen) atoms. The molecular weight excluding hydrogens is 311 g/mol. The second-order valence-corrected chi connectivity index (χ2v) is 6.74. The third-order valence-electron chi connectivity index (χ3n) is 4.31. The van der Waals surface area contributed by atoms with Crippen LogP contribution in [-0.2, 0) is 11.2 Å². The Morgan fingerprint density at radius 3 is 2.62 bits per heavy atom. The smallest absolute Gasteiger partial charge is 0.303 e. The summed E-state index contributed by atoms with van der Waals surface area (Å²) in [7, 11) is 0. The fourth-order valence-electron chi connectivity index (χ4n) is 3.36. The second-order valence-electron chi connectivity index (χ2n) is 5.92. The van der Waals surface area contributed by atoms with Gasteiger partial charge in [0.15, 0.2) is 0 Å². The molecule has 0 saturated heterocycles. The number of rotatable bonds is 4. The van der Waals surface area contributed by atoms with Crippen LogP contribution in [0.15, 0.2) is 12.1 Å². The number of carboxylic acids is 1. The van der Waals surface area contributed by atoms with Gasteiger partial charge in [-0.1, -0.05) is 36.0 Å². The Balaban J connectivity index is 1.91. The standard InChI is InChI=1S/C15H16Cl2N2O2/c16-9-5-11-12(6-10(9)17)19-13(18-11)7-15(8-14(20)21)3-1-2-4-15/h5-6H,1-4,7-8H2,(H,18,19)(H,20,21). The lowest BCUT2D eigenvalue weighted by molar-refractivity contribution is -0.139. The number of carbonyl (C=O) groups is 1. The van der Waals surface area contributed by atoms with Crippen LogP contribution < -0.4 is 0 Å². The number of nitrogens with zero attached hydrogens (tertiary/aromatic N) is 1. The molecule has 0 aliphatic heterocycles. The summed E-state index contributed by atoms with van der Waals surface area (Å²) < 4.78 is 0. The van der Waals surface area contributed by atoms with E-state index in [1.165, 1.54) is 0 Å². The van der Waals surface area contributed by atoms with Crippen molar-refractivity contribution in [1.82, 2.24) is 9.97 Å². The molecule has 0 atom stereocenters. The molecule has 1 aromatic carbocycles. The molecule has 0 amide bonds. The predicted molar refractivity (Wildman–Crippen MR) is 83.0 cm³/mol. The van der Waals surface area contributed by atoms with Gasteiger partial charge in [-0.15, -0.1) is 0 Å². The monoisotopic (exact) mass is 326 g/mol. The van der Waals surface area contributed by atoms with E-state index < -0.39 is 5.97 Å². The zero-order valence-electron chi connectivity index (χ0n) is 11.5. The van der Waals surface area contributed by atoms with Crippen LogP contribution in [0, 0.1) is 5.41 Å². The van der Waals surface area contributed by atoms with Crippen molar-refractivity contribution in [2.45, 2.75) is 38.5 Å². The molecular formula is C15H16Cl2N2O2. The van der Waals surface area contributed by atoms with Gasteiger partial charge in [0.2, 0.25) is 0 Å². The zero-order chi connectivity index (χ0) is 15.0. The molecule has 1 aliphatic carbocycles. The van der Waals surface area contributed by atoms with Crippen molar-refractivity contribution in [3.63, 3.8) is 0 Å². The second kappa shape index (κ2) is 5.50. The number of imidazole rings is 1. The predicted octanol–water partition coefficient (Wildman–Crippen LogP) is 4.45. The van der Waals surface area contributed by atoms with Crippen molar-refractivity contribution < 1.29 is 9.90 Å². The summed E-state index contributed by atoms with van der Waals surface area (Å²) in [6.45, 7) is 0. The van der Waals surface area contributed by atoms with Crippen LogP contribution in [0.4, 0.5) is 0 Å². The molecule has 112 valence electrons. The highest BCUT2D eigenvalue weighted by atomic mass is 35.5. The normalized spacial score (nSPS) is 17.4. The summed E-state index contributed by atoms with van der Waals surface area (Å²) in [6, 6.07) is 3.49. The van der Waals surface area contributed by atoms with E-state index in [4.69, 9.17) is 28.3 Å². The third kappa shape index (κ3) is 3.01. The summed E-state index contributed by atoms with van der Waals surface area (Å²) in [5.74, 6) is 0.0746. The fraction of sp³-hybridized carbons (Fsp3) is 0.467. The van der Waals surface area contributed by atoms with E-state index in [1.807, 2.05) is 0 Å². The summed E-state index contributed by atoms with van der Waals surface area (Å²) in [4.78, 5) is 18.9. The topological polar surface area (TPSA) is 66.0 Å². The van der Waals surface area contributed by atoms with E-state index in [2.05, 4.69) is 9.97 Å². The Kier molecular flexibility index (Phi) is 3.84. The number of fused-ring (bicyclic) bond motifs is 1. The maximum atomic E-state index is 11.1. The van der Waals surface area contributed by atoms with Crippen LogP contribution in [0.25, 0.3) is 11.0 Å². The molecule has 2 N–H and O–H groups in total. The number of hydrogen-bond acceptors (Lipinski definition) is 2. The lowest BCUT2D eigenvalue weighted by atomic mass is 9.79. The average Bonchev–Trinajstić information content (AvgIpc) is 2.96. The van der Waals surface area contributed by atoms with E-state index in [1.54, 1.807) is 12.1 Å². The van der Waals surface area contributed by atoms with Crippen molar-refractivity contribution in [2.75, 3.05) is 0 Å². The Morgan fingerprint density at radius 2 is 1.95 bits per heavy atom. The van der Waals surface area contributed by atoms with E-state index in [-0.39, 0.29) is 11.8 Å². The molecule has 2 aromatic rings. The highest BCUT2D eigenvalue weighted by Gasteiger charge is 2.37. The van der Waals surface area contributed by atoms with Crippen LogP contribution in [0.5, 0.6) is 0 Å². The minimum absolute atomic E-state index is 0.173. The zero-order valence-corrected chi connectivity index (χ0v) is 13.0. The van der Waals surface area contributed by atoms with E-state index in [9.17, 15) is 4.79 Å². The van der Waals surface area contributed by atoms with Gasteiger partial charge in [0.25, 0.3) is 0 Å². The van der Waals surface area contributed by atoms with Gasteiger partial charge in [0.05, 0.1) is 27.5 Å². The third-order valence-corrected chi connectivity index (χ3v) is 5.03. The first-order chi connectivity index (χ1) is 9.97. The molecule has 4 nitrogen and oxygen atoms in total. The first-order valence-electron chi connectivity index (χ1n) is 7.03. The highest BCUT2D eigenvalue weighted by Crippen LogP contribution is 2.43. The van der Waals surface area contributed by atoms with E-state index in [0.717, 1.165) is 42.5 Å². The minimum Gasteiger partial charge on any atom is -0.481 e. The van der Waals surface area contributed by atoms with Gasteiger partial charge in [0.1, 0.15) is 5.82 Å². The SMILES string of the molecule is O=C(O)CC1(Cc2nc3cc(Cl)c(Cl)cc3[nH]2)CCCC1.